The average molecular weight is 788 g/mol. The van der Waals surface area contributed by atoms with E-state index in [4.69, 9.17) is 0 Å². The average Bonchev–Trinajstić information content (AvgIpc) is 3.76. The van der Waals surface area contributed by atoms with Gasteiger partial charge in [-0.1, -0.05) is 123 Å². The Morgan fingerprint density at radius 3 is 1.70 bits per heavy atom. The predicted octanol–water partition coefficient (Wildman–Crippen LogP) is 15.8. The molecule has 1 aromatic heterocycles. The molecule has 0 saturated carbocycles. The van der Waals surface area contributed by atoms with Gasteiger partial charge in [0.05, 0.1) is 16.7 Å². The Labute approximate surface area is 355 Å². The maximum absolute atomic E-state index is 14.5. The molecular formula is C57H42FN3. The first kappa shape index (κ1) is 36.4. The lowest BCUT2D eigenvalue weighted by Crippen LogP contribution is -2.17. The fourth-order valence-corrected chi connectivity index (χ4v) is 9.54. The Morgan fingerprint density at radius 1 is 0.393 bits per heavy atom. The van der Waals surface area contributed by atoms with Gasteiger partial charge in [-0.3, -0.25) is 0 Å². The van der Waals surface area contributed by atoms with Crippen molar-refractivity contribution in [3.05, 3.63) is 235 Å². The van der Waals surface area contributed by atoms with Crippen molar-refractivity contribution in [3.8, 4) is 27.9 Å². The molecule has 1 heterocycles. The fourth-order valence-electron chi connectivity index (χ4n) is 9.54. The zero-order chi connectivity index (χ0) is 41.1. The molecule has 1 aliphatic carbocycles. The number of anilines is 6. The van der Waals surface area contributed by atoms with Gasteiger partial charge in [0, 0.05) is 55.9 Å². The van der Waals surface area contributed by atoms with Crippen LogP contribution in [0.2, 0.25) is 0 Å². The van der Waals surface area contributed by atoms with Crippen LogP contribution < -0.4 is 9.80 Å². The molecule has 11 rings (SSSR count). The lowest BCUT2D eigenvalue weighted by Gasteiger charge is -2.31. The Hall–Kier alpha value is -7.69. The number of halogens is 1. The van der Waals surface area contributed by atoms with Gasteiger partial charge in [-0.25, -0.2) is 4.39 Å². The van der Waals surface area contributed by atoms with Crippen molar-refractivity contribution in [1.82, 2.24) is 4.57 Å². The number of fused-ring (bicyclic) bond motifs is 6. The van der Waals surface area contributed by atoms with Gasteiger partial charge in [0.15, 0.2) is 0 Å². The summed E-state index contributed by atoms with van der Waals surface area (Å²) in [5, 5.41) is 2.36. The number of rotatable bonds is 8. The summed E-state index contributed by atoms with van der Waals surface area (Å²) in [6, 6.07) is 76.4. The molecule has 0 aliphatic heterocycles. The summed E-state index contributed by atoms with van der Waals surface area (Å²) >= 11 is 0. The van der Waals surface area contributed by atoms with Gasteiger partial charge in [-0.05, 0) is 137 Å². The van der Waals surface area contributed by atoms with Crippen LogP contribution in [-0.4, -0.2) is 4.57 Å². The molecule has 4 heteroatoms. The van der Waals surface area contributed by atoms with Gasteiger partial charge in [-0.2, -0.15) is 0 Å². The van der Waals surface area contributed by atoms with Crippen molar-refractivity contribution in [1.29, 1.82) is 0 Å². The standard InChI is InChI=1S/C57H42FN3/c1-57(2)52-24-14-12-22-47(52)48-33-31-46(38-53(48)57)59(41-16-6-3-7-17-41)45-32-35-55(60(42-18-8-4-9-19-42)44-29-27-40(58)28-30-44)50(37-45)39-26-34-56-51(36-39)49-23-13-15-25-54(49)61(56)43-20-10-5-11-21-43/h3-38H,1-2H3. The van der Waals surface area contributed by atoms with Crippen LogP contribution in [0.25, 0.3) is 49.7 Å². The van der Waals surface area contributed by atoms with E-state index < -0.39 is 0 Å². The Bertz CT molecular complexity index is 3220. The smallest absolute Gasteiger partial charge is 0.123 e. The maximum Gasteiger partial charge on any atom is 0.123 e. The third-order valence-electron chi connectivity index (χ3n) is 12.4. The van der Waals surface area contributed by atoms with Crippen LogP contribution in [0.15, 0.2) is 218 Å². The second-order valence-electron chi connectivity index (χ2n) is 16.3. The van der Waals surface area contributed by atoms with E-state index in [1.807, 2.05) is 18.2 Å². The third-order valence-corrected chi connectivity index (χ3v) is 12.4. The molecule has 0 N–H and O–H groups in total. The van der Waals surface area contributed by atoms with Crippen LogP contribution >= 0.6 is 0 Å². The molecule has 1 aliphatic rings. The van der Waals surface area contributed by atoms with Crippen molar-refractivity contribution >= 4 is 55.9 Å². The normalized spacial score (nSPS) is 12.6. The lowest BCUT2D eigenvalue weighted by molar-refractivity contribution is 0.628. The molecule has 0 fully saturated rings. The second-order valence-corrected chi connectivity index (χ2v) is 16.3. The molecule has 0 radical (unpaired) electrons. The Kier molecular flexibility index (Phi) is 8.68. The highest BCUT2D eigenvalue weighted by Crippen LogP contribution is 2.51. The van der Waals surface area contributed by atoms with Crippen LogP contribution in [-0.2, 0) is 5.41 Å². The van der Waals surface area contributed by atoms with Gasteiger partial charge in [0.25, 0.3) is 0 Å². The first-order chi connectivity index (χ1) is 29.9. The summed E-state index contributed by atoms with van der Waals surface area (Å²) in [6.45, 7) is 4.67. The van der Waals surface area contributed by atoms with Crippen molar-refractivity contribution in [2.45, 2.75) is 19.3 Å². The van der Waals surface area contributed by atoms with E-state index in [9.17, 15) is 4.39 Å². The highest BCUT2D eigenvalue weighted by molar-refractivity contribution is 6.11. The van der Waals surface area contributed by atoms with Gasteiger partial charge in [0.1, 0.15) is 5.82 Å². The summed E-state index contributed by atoms with van der Waals surface area (Å²) in [5.74, 6) is -0.272. The maximum atomic E-state index is 14.5. The minimum atomic E-state index is -0.272. The van der Waals surface area contributed by atoms with E-state index in [1.165, 1.54) is 45.2 Å². The first-order valence-electron chi connectivity index (χ1n) is 20.9. The molecule has 0 bridgehead atoms. The van der Waals surface area contributed by atoms with Gasteiger partial charge >= 0.3 is 0 Å². The molecule has 0 saturated heterocycles. The van der Waals surface area contributed by atoms with Crippen LogP contribution in [0.4, 0.5) is 38.5 Å². The molecule has 0 atom stereocenters. The highest BCUT2D eigenvalue weighted by Gasteiger charge is 2.36. The molecular weight excluding hydrogens is 746 g/mol. The zero-order valence-corrected chi connectivity index (χ0v) is 34.0. The van der Waals surface area contributed by atoms with Crippen molar-refractivity contribution in [2.24, 2.45) is 0 Å². The highest BCUT2D eigenvalue weighted by atomic mass is 19.1. The minimum Gasteiger partial charge on any atom is -0.310 e. The van der Waals surface area contributed by atoms with Crippen molar-refractivity contribution < 1.29 is 4.39 Å². The third kappa shape index (κ3) is 6.10. The Morgan fingerprint density at radius 2 is 0.951 bits per heavy atom. The zero-order valence-electron chi connectivity index (χ0n) is 34.0. The Balaban J connectivity index is 1.16. The lowest BCUT2D eigenvalue weighted by atomic mass is 9.82. The van der Waals surface area contributed by atoms with Crippen LogP contribution in [0.3, 0.4) is 0 Å². The quantitative estimate of drug-likeness (QED) is 0.152. The van der Waals surface area contributed by atoms with Crippen molar-refractivity contribution in [3.63, 3.8) is 0 Å². The van der Waals surface area contributed by atoms with Crippen LogP contribution in [0.5, 0.6) is 0 Å². The molecule has 9 aromatic carbocycles. The van der Waals surface area contributed by atoms with E-state index in [0.717, 1.165) is 62.0 Å². The summed E-state index contributed by atoms with van der Waals surface area (Å²) in [4.78, 5) is 4.61. The van der Waals surface area contributed by atoms with E-state index >= 15 is 0 Å². The van der Waals surface area contributed by atoms with Gasteiger partial charge < -0.3 is 14.4 Å². The predicted molar refractivity (Wildman–Crippen MR) is 253 cm³/mol. The summed E-state index contributed by atoms with van der Waals surface area (Å²) in [7, 11) is 0. The monoisotopic (exact) mass is 787 g/mol. The number of hydrogen-bond donors (Lipinski definition) is 0. The van der Waals surface area contributed by atoms with Crippen LogP contribution in [0.1, 0.15) is 25.0 Å². The largest absolute Gasteiger partial charge is 0.310 e. The van der Waals surface area contributed by atoms with E-state index in [-0.39, 0.29) is 11.2 Å². The number of aromatic nitrogens is 1. The molecule has 0 spiro atoms. The fraction of sp³-hybridized carbons (Fsp3) is 0.0526. The van der Waals surface area contributed by atoms with E-state index in [1.54, 1.807) is 0 Å². The van der Waals surface area contributed by atoms with Gasteiger partial charge in [-0.15, -0.1) is 0 Å². The summed E-state index contributed by atoms with van der Waals surface area (Å²) < 4.78 is 16.9. The summed E-state index contributed by atoms with van der Waals surface area (Å²) in [6.07, 6.45) is 0. The number of para-hydroxylation sites is 4. The molecule has 10 aromatic rings. The second kappa shape index (κ2) is 14.5. The first-order valence-corrected chi connectivity index (χ1v) is 20.9. The molecule has 0 amide bonds. The van der Waals surface area contributed by atoms with E-state index in [0.29, 0.717) is 0 Å². The van der Waals surface area contributed by atoms with E-state index in [2.05, 4.69) is 216 Å². The number of benzene rings is 9. The number of nitrogens with zero attached hydrogens (tertiary/aromatic N) is 3. The minimum absolute atomic E-state index is 0.154. The van der Waals surface area contributed by atoms with Crippen LogP contribution in [0, 0.1) is 5.82 Å². The number of hydrogen-bond acceptors (Lipinski definition) is 2. The van der Waals surface area contributed by atoms with Gasteiger partial charge in [0.2, 0.25) is 0 Å². The molecule has 61 heavy (non-hydrogen) atoms. The SMILES string of the molecule is CC1(C)c2ccccc2-c2ccc(N(c3ccccc3)c3ccc(N(c4ccccc4)c4ccc(F)cc4)c(-c4ccc5c(c4)c4ccccc4n5-c4ccccc4)c3)cc21. The topological polar surface area (TPSA) is 11.4 Å². The summed E-state index contributed by atoms with van der Waals surface area (Å²) in [5.41, 5.74) is 16.6. The molecule has 3 nitrogen and oxygen atoms in total. The molecule has 292 valence electrons. The molecule has 0 unspecified atom stereocenters. The van der Waals surface area contributed by atoms with Crippen molar-refractivity contribution in [2.75, 3.05) is 9.80 Å².